The Hall–Kier alpha value is -2.50. The number of halogens is 1. The maximum absolute atomic E-state index is 12.8. The molecule has 0 radical (unpaired) electrons. The Morgan fingerprint density at radius 2 is 2.00 bits per heavy atom. The molecule has 1 unspecified atom stereocenters. The summed E-state index contributed by atoms with van der Waals surface area (Å²) in [5.74, 6) is -1.08. The number of nitrogens with zero attached hydrogens (tertiary/aromatic N) is 2. The predicted octanol–water partition coefficient (Wildman–Crippen LogP) is 2.67. The minimum absolute atomic E-state index is 0.0149. The van der Waals surface area contributed by atoms with E-state index in [2.05, 4.69) is 15.3 Å². The molecular formula is C15H16FN3O2. The van der Waals surface area contributed by atoms with E-state index in [1.807, 2.05) is 6.92 Å². The first-order chi connectivity index (χ1) is 9.94. The van der Waals surface area contributed by atoms with E-state index in [1.165, 1.54) is 18.2 Å². The lowest BCUT2D eigenvalue weighted by molar-refractivity contribution is 0.0690. The van der Waals surface area contributed by atoms with Gasteiger partial charge in [-0.15, -0.1) is 0 Å². The number of rotatable bonds is 5. The van der Waals surface area contributed by atoms with Crippen LogP contribution in [0, 0.1) is 12.7 Å². The molecule has 0 bridgehead atoms. The first kappa shape index (κ1) is 14.9. The van der Waals surface area contributed by atoms with Crippen molar-refractivity contribution in [3.63, 3.8) is 0 Å². The van der Waals surface area contributed by atoms with Crippen LogP contribution >= 0.6 is 0 Å². The van der Waals surface area contributed by atoms with Crippen molar-refractivity contribution < 1.29 is 14.3 Å². The van der Waals surface area contributed by atoms with Crippen molar-refractivity contribution in [1.82, 2.24) is 9.97 Å². The average molecular weight is 289 g/mol. The molecule has 0 aliphatic rings. The Labute approximate surface area is 121 Å². The number of aromatic nitrogens is 2. The summed E-state index contributed by atoms with van der Waals surface area (Å²) in [6.07, 6.45) is 0.653. The Morgan fingerprint density at radius 3 is 2.62 bits per heavy atom. The predicted molar refractivity (Wildman–Crippen MR) is 76.9 cm³/mol. The number of benzene rings is 1. The first-order valence-electron chi connectivity index (χ1n) is 6.54. The van der Waals surface area contributed by atoms with Crippen LogP contribution < -0.4 is 5.32 Å². The van der Waals surface area contributed by atoms with Crippen LogP contribution in [0.3, 0.4) is 0 Å². The van der Waals surface area contributed by atoms with E-state index in [4.69, 9.17) is 5.11 Å². The lowest BCUT2D eigenvalue weighted by Gasteiger charge is -2.14. The van der Waals surface area contributed by atoms with Crippen molar-refractivity contribution in [2.75, 3.05) is 5.32 Å². The highest BCUT2D eigenvalue weighted by molar-refractivity contribution is 5.85. The van der Waals surface area contributed by atoms with Gasteiger partial charge in [0.05, 0.1) is 0 Å². The molecule has 110 valence electrons. The number of carboxylic acid groups (broad SMARTS) is 1. The maximum Gasteiger partial charge on any atom is 0.354 e. The fourth-order valence-corrected chi connectivity index (χ4v) is 1.99. The highest BCUT2D eigenvalue weighted by Crippen LogP contribution is 2.10. The van der Waals surface area contributed by atoms with Crippen LogP contribution in [0.2, 0.25) is 0 Å². The lowest BCUT2D eigenvalue weighted by Crippen LogP contribution is -2.21. The molecule has 0 saturated carbocycles. The Balaban J connectivity index is 2.07. The van der Waals surface area contributed by atoms with Gasteiger partial charge in [-0.25, -0.2) is 19.2 Å². The number of anilines is 1. The zero-order valence-electron chi connectivity index (χ0n) is 11.8. The molecule has 0 spiro atoms. The van der Waals surface area contributed by atoms with Crippen LogP contribution in [-0.4, -0.2) is 27.1 Å². The normalized spacial score (nSPS) is 12.0. The van der Waals surface area contributed by atoms with Gasteiger partial charge in [0.2, 0.25) is 5.95 Å². The molecule has 2 aromatic rings. The summed E-state index contributed by atoms with van der Waals surface area (Å²) in [7, 11) is 0. The van der Waals surface area contributed by atoms with Gasteiger partial charge >= 0.3 is 5.97 Å². The molecule has 0 saturated heterocycles. The second-order valence-electron chi connectivity index (χ2n) is 4.90. The van der Waals surface area contributed by atoms with E-state index >= 15 is 0 Å². The van der Waals surface area contributed by atoms with E-state index in [-0.39, 0.29) is 23.5 Å². The molecule has 0 aliphatic heterocycles. The highest BCUT2D eigenvalue weighted by atomic mass is 19.1. The number of hydrogen-bond donors (Lipinski definition) is 2. The minimum atomic E-state index is -1.09. The smallest absolute Gasteiger partial charge is 0.354 e. The Bertz CT molecular complexity index is 644. The van der Waals surface area contributed by atoms with E-state index in [0.29, 0.717) is 12.1 Å². The fraction of sp³-hybridized carbons (Fsp3) is 0.267. The SMILES string of the molecule is Cc1cc(C(=O)O)nc(NC(C)Cc2ccc(F)cc2)n1. The van der Waals surface area contributed by atoms with Crippen LogP contribution in [0.25, 0.3) is 0 Å². The Morgan fingerprint density at radius 1 is 1.33 bits per heavy atom. The van der Waals surface area contributed by atoms with Crippen molar-refractivity contribution in [2.45, 2.75) is 26.3 Å². The van der Waals surface area contributed by atoms with Gasteiger partial charge in [-0.1, -0.05) is 12.1 Å². The van der Waals surface area contributed by atoms with Crippen molar-refractivity contribution in [2.24, 2.45) is 0 Å². The quantitative estimate of drug-likeness (QED) is 0.885. The molecule has 6 heteroatoms. The summed E-state index contributed by atoms with van der Waals surface area (Å²) >= 11 is 0. The van der Waals surface area contributed by atoms with Crippen molar-refractivity contribution in [3.8, 4) is 0 Å². The molecule has 5 nitrogen and oxygen atoms in total. The summed E-state index contributed by atoms with van der Waals surface area (Å²) in [6, 6.07) is 7.65. The van der Waals surface area contributed by atoms with Gasteiger partial charge in [-0.3, -0.25) is 0 Å². The standard InChI is InChI=1S/C15H16FN3O2/c1-9(7-11-3-5-12(16)6-4-11)17-15-18-10(2)8-13(19-15)14(20)21/h3-6,8-9H,7H2,1-2H3,(H,20,21)(H,17,18,19). The average Bonchev–Trinajstić information content (AvgIpc) is 2.40. The van der Waals surface area contributed by atoms with E-state index in [9.17, 15) is 9.18 Å². The van der Waals surface area contributed by atoms with Crippen LogP contribution in [-0.2, 0) is 6.42 Å². The molecule has 0 amide bonds. The van der Waals surface area contributed by atoms with Crippen LogP contribution in [0.1, 0.15) is 28.7 Å². The van der Waals surface area contributed by atoms with Gasteiger partial charge in [-0.2, -0.15) is 0 Å². The monoisotopic (exact) mass is 289 g/mol. The second kappa shape index (κ2) is 6.30. The largest absolute Gasteiger partial charge is 0.477 e. The third-order valence-electron chi connectivity index (χ3n) is 2.90. The minimum Gasteiger partial charge on any atom is -0.477 e. The molecular weight excluding hydrogens is 273 g/mol. The summed E-state index contributed by atoms with van der Waals surface area (Å²) in [4.78, 5) is 19.1. The number of hydrogen-bond acceptors (Lipinski definition) is 4. The third kappa shape index (κ3) is 4.24. The third-order valence-corrected chi connectivity index (χ3v) is 2.90. The Kier molecular flexibility index (Phi) is 4.47. The molecule has 2 rings (SSSR count). The molecule has 0 fully saturated rings. The summed E-state index contributed by atoms with van der Waals surface area (Å²) in [5, 5.41) is 12.0. The van der Waals surface area contributed by atoms with Gasteiger partial charge in [0.25, 0.3) is 0 Å². The lowest BCUT2D eigenvalue weighted by atomic mass is 10.1. The van der Waals surface area contributed by atoms with Crippen molar-refractivity contribution in [1.29, 1.82) is 0 Å². The zero-order valence-corrected chi connectivity index (χ0v) is 11.8. The van der Waals surface area contributed by atoms with Gasteiger partial charge < -0.3 is 10.4 Å². The van der Waals surface area contributed by atoms with Gasteiger partial charge in [0, 0.05) is 11.7 Å². The molecule has 1 atom stereocenters. The number of carbonyl (C=O) groups is 1. The number of carboxylic acids is 1. The van der Waals surface area contributed by atoms with Crippen LogP contribution in [0.5, 0.6) is 0 Å². The van der Waals surface area contributed by atoms with E-state index in [0.717, 1.165) is 5.56 Å². The van der Waals surface area contributed by atoms with Crippen molar-refractivity contribution in [3.05, 3.63) is 53.1 Å². The molecule has 2 N–H and O–H groups in total. The molecule has 21 heavy (non-hydrogen) atoms. The zero-order chi connectivity index (χ0) is 15.4. The first-order valence-corrected chi connectivity index (χ1v) is 6.54. The van der Waals surface area contributed by atoms with E-state index in [1.54, 1.807) is 19.1 Å². The van der Waals surface area contributed by atoms with Crippen LogP contribution in [0.15, 0.2) is 30.3 Å². The van der Waals surface area contributed by atoms with Crippen LogP contribution in [0.4, 0.5) is 10.3 Å². The van der Waals surface area contributed by atoms with E-state index < -0.39 is 5.97 Å². The van der Waals surface area contributed by atoms with Gasteiger partial charge in [0.1, 0.15) is 5.82 Å². The van der Waals surface area contributed by atoms with Crippen molar-refractivity contribution >= 4 is 11.9 Å². The van der Waals surface area contributed by atoms with Gasteiger partial charge in [0.15, 0.2) is 5.69 Å². The fourth-order valence-electron chi connectivity index (χ4n) is 1.99. The maximum atomic E-state index is 12.8. The number of aromatic carboxylic acids is 1. The number of aryl methyl sites for hydroxylation is 1. The summed E-state index contributed by atoms with van der Waals surface area (Å²) in [6.45, 7) is 3.64. The number of nitrogens with one attached hydrogen (secondary N) is 1. The highest BCUT2D eigenvalue weighted by Gasteiger charge is 2.11. The summed E-state index contributed by atoms with van der Waals surface area (Å²) < 4.78 is 12.8. The van der Waals surface area contributed by atoms with Gasteiger partial charge in [-0.05, 0) is 44.0 Å². The molecule has 0 aliphatic carbocycles. The molecule has 1 aromatic carbocycles. The topological polar surface area (TPSA) is 75.1 Å². The summed E-state index contributed by atoms with van der Waals surface area (Å²) in [5.41, 5.74) is 1.51. The molecule has 1 aromatic heterocycles. The molecule has 1 heterocycles. The second-order valence-corrected chi connectivity index (χ2v) is 4.90.